The van der Waals surface area contributed by atoms with E-state index in [2.05, 4.69) is 4.98 Å². The van der Waals surface area contributed by atoms with Crippen molar-refractivity contribution in [3.05, 3.63) is 33.6 Å². The minimum absolute atomic E-state index is 0.143. The Labute approximate surface area is 113 Å². The van der Waals surface area contributed by atoms with Crippen LogP contribution in [0, 0.1) is 0 Å². The van der Waals surface area contributed by atoms with Gasteiger partial charge in [0.05, 0.1) is 24.4 Å². The van der Waals surface area contributed by atoms with E-state index in [1.807, 2.05) is 5.38 Å². The molecule has 0 saturated carbocycles. The molecule has 0 radical (unpaired) electrons. The number of hydrogen-bond acceptors (Lipinski definition) is 6. The van der Waals surface area contributed by atoms with Crippen LogP contribution in [-0.4, -0.2) is 29.9 Å². The maximum absolute atomic E-state index is 12.2. The Balaban J connectivity index is 2.19. The van der Waals surface area contributed by atoms with E-state index in [1.165, 1.54) is 28.8 Å². The third kappa shape index (κ3) is 2.78. The molecule has 0 unspecified atom stereocenters. The van der Waals surface area contributed by atoms with Gasteiger partial charge in [0.15, 0.2) is 0 Å². The number of thiophene rings is 1. The van der Waals surface area contributed by atoms with Gasteiger partial charge in [-0.05, 0) is 12.1 Å². The summed E-state index contributed by atoms with van der Waals surface area (Å²) in [6.07, 6.45) is 0. The van der Waals surface area contributed by atoms with E-state index in [4.69, 9.17) is 5.11 Å². The van der Waals surface area contributed by atoms with Gasteiger partial charge in [-0.1, -0.05) is 0 Å². The molecule has 2 heterocycles. The molecule has 0 aromatic carbocycles. The fourth-order valence-corrected chi connectivity index (χ4v) is 4.48. The maximum atomic E-state index is 12.2. The number of sulfonamides is 1. The molecule has 0 fully saturated rings. The first-order valence-corrected chi connectivity index (χ1v) is 8.27. The molecule has 18 heavy (non-hydrogen) atoms. The second-order valence-corrected chi connectivity index (χ2v) is 7.78. The maximum Gasteiger partial charge on any atom is 0.252 e. The predicted molar refractivity (Wildman–Crippen MR) is 71.0 cm³/mol. The number of aliphatic hydroxyl groups is 1. The molecule has 0 amide bonds. The van der Waals surface area contributed by atoms with E-state index in [9.17, 15) is 8.42 Å². The molecule has 0 aliphatic carbocycles. The van der Waals surface area contributed by atoms with Crippen molar-refractivity contribution in [2.75, 3.05) is 7.05 Å². The monoisotopic (exact) mass is 304 g/mol. The average molecular weight is 304 g/mol. The van der Waals surface area contributed by atoms with Crippen LogP contribution in [0.5, 0.6) is 0 Å². The summed E-state index contributed by atoms with van der Waals surface area (Å²) in [5.41, 5.74) is 2.40. The molecule has 2 aromatic heterocycles. The van der Waals surface area contributed by atoms with Gasteiger partial charge >= 0.3 is 0 Å². The van der Waals surface area contributed by atoms with Gasteiger partial charge in [-0.25, -0.2) is 13.4 Å². The van der Waals surface area contributed by atoms with Crippen LogP contribution in [0.3, 0.4) is 0 Å². The van der Waals surface area contributed by atoms with Crippen LogP contribution >= 0.6 is 22.7 Å². The predicted octanol–water partition coefficient (Wildman–Crippen LogP) is 1.52. The van der Waals surface area contributed by atoms with Crippen LogP contribution in [0.25, 0.3) is 0 Å². The first-order valence-electron chi connectivity index (χ1n) is 5.07. The van der Waals surface area contributed by atoms with Gasteiger partial charge in [0, 0.05) is 17.3 Å². The number of rotatable bonds is 5. The topological polar surface area (TPSA) is 70.5 Å². The lowest BCUT2D eigenvalue weighted by molar-refractivity contribution is 0.285. The second-order valence-electron chi connectivity index (χ2n) is 3.62. The van der Waals surface area contributed by atoms with Gasteiger partial charge in [-0.3, -0.25) is 0 Å². The summed E-state index contributed by atoms with van der Waals surface area (Å²) in [7, 11) is -1.98. The number of aromatic nitrogens is 1. The summed E-state index contributed by atoms with van der Waals surface area (Å²) in [6.45, 7) is 0.105. The van der Waals surface area contributed by atoms with Crippen LogP contribution in [0.4, 0.5) is 0 Å². The van der Waals surface area contributed by atoms with Crippen molar-refractivity contribution >= 4 is 32.7 Å². The molecule has 0 aliphatic heterocycles. The quantitative estimate of drug-likeness (QED) is 0.909. The fourth-order valence-electron chi connectivity index (χ4n) is 1.36. The standard InChI is InChI=1S/C10H12N2O3S3/c1-12(4-8-6-16-7-11-8)18(14,15)10-3-2-9(5-13)17-10/h2-3,6-7,13H,4-5H2,1H3. The van der Waals surface area contributed by atoms with E-state index in [1.54, 1.807) is 11.6 Å². The molecule has 2 aromatic rings. The molecule has 8 heteroatoms. The summed E-state index contributed by atoms with van der Waals surface area (Å²) >= 11 is 2.52. The minimum Gasteiger partial charge on any atom is -0.391 e. The first kappa shape index (κ1) is 13.6. The van der Waals surface area contributed by atoms with Crippen molar-refractivity contribution in [3.8, 4) is 0 Å². The zero-order valence-electron chi connectivity index (χ0n) is 9.61. The van der Waals surface area contributed by atoms with Crippen molar-refractivity contribution in [2.24, 2.45) is 0 Å². The van der Waals surface area contributed by atoms with Crippen molar-refractivity contribution in [3.63, 3.8) is 0 Å². The molecule has 0 aliphatic rings. The number of thiazole rings is 1. The Bertz CT molecular complexity index is 604. The summed E-state index contributed by atoms with van der Waals surface area (Å²) in [6, 6.07) is 3.14. The SMILES string of the molecule is CN(Cc1cscn1)S(=O)(=O)c1ccc(CO)s1. The van der Waals surface area contributed by atoms with Gasteiger partial charge < -0.3 is 5.11 Å². The number of nitrogens with zero attached hydrogens (tertiary/aromatic N) is 2. The molecule has 5 nitrogen and oxygen atoms in total. The number of hydrogen-bond donors (Lipinski definition) is 1. The molecule has 0 atom stereocenters. The molecule has 0 spiro atoms. The second kappa shape index (κ2) is 5.45. The van der Waals surface area contributed by atoms with E-state index < -0.39 is 10.0 Å². The zero-order chi connectivity index (χ0) is 13.2. The normalized spacial score (nSPS) is 12.2. The van der Waals surface area contributed by atoms with Crippen molar-refractivity contribution in [1.82, 2.24) is 9.29 Å². The van der Waals surface area contributed by atoms with Crippen LogP contribution in [0.2, 0.25) is 0 Å². The lowest BCUT2D eigenvalue weighted by Crippen LogP contribution is -2.25. The van der Waals surface area contributed by atoms with Crippen molar-refractivity contribution in [2.45, 2.75) is 17.4 Å². The van der Waals surface area contributed by atoms with E-state index in [0.717, 1.165) is 17.0 Å². The van der Waals surface area contributed by atoms with Gasteiger partial charge in [0.2, 0.25) is 0 Å². The van der Waals surface area contributed by atoms with Crippen molar-refractivity contribution in [1.29, 1.82) is 0 Å². The highest BCUT2D eigenvalue weighted by molar-refractivity contribution is 7.91. The third-order valence-corrected chi connectivity index (χ3v) is 6.30. The number of aliphatic hydroxyl groups excluding tert-OH is 1. The lowest BCUT2D eigenvalue weighted by atomic mass is 10.5. The van der Waals surface area contributed by atoms with Crippen molar-refractivity contribution < 1.29 is 13.5 Å². The minimum atomic E-state index is -3.50. The summed E-state index contributed by atoms with van der Waals surface area (Å²) in [5, 5.41) is 10.8. The first-order chi connectivity index (χ1) is 8.54. The summed E-state index contributed by atoms with van der Waals surface area (Å²) < 4.78 is 25.9. The van der Waals surface area contributed by atoms with Gasteiger partial charge in [-0.15, -0.1) is 22.7 Å². The van der Waals surface area contributed by atoms with Crippen LogP contribution in [0.15, 0.2) is 27.2 Å². The van der Waals surface area contributed by atoms with Crippen LogP contribution in [0.1, 0.15) is 10.6 Å². The summed E-state index contributed by atoms with van der Waals surface area (Å²) in [4.78, 5) is 4.70. The van der Waals surface area contributed by atoms with Crippen LogP contribution < -0.4 is 0 Å². The Morgan fingerprint density at radius 3 is 2.78 bits per heavy atom. The highest BCUT2D eigenvalue weighted by Crippen LogP contribution is 2.25. The molecule has 98 valence electrons. The van der Waals surface area contributed by atoms with Gasteiger partial charge in [0.25, 0.3) is 10.0 Å². The van der Waals surface area contributed by atoms with E-state index >= 15 is 0 Å². The van der Waals surface area contributed by atoms with E-state index in [0.29, 0.717) is 4.88 Å². The largest absolute Gasteiger partial charge is 0.391 e. The molecular weight excluding hydrogens is 292 g/mol. The highest BCUT2D eigenvalue weighted by atomic mass is 32.2. The molecular formula is C10H12N2O3S3. The Morgan fingerprint density at radius 2 is 2.22 bits per heavy atom. The lowest BCUT2D eigenvalue weighted by Gasteiger charge is -2.14. The Kier molecular flexibility index (Phi) is 4.13. The van der Waals surface area contributed by atoms with Gasteiger partial charge in [-0.2, -0.15) is 4.31 Å². The zero-order valence-corrected chi connectivity index (χ0v) is 12.1. The summed E-state index contributed by atoms with van der Waals surface area (Å²) in [5.74, 6) is 0. The molecule has 1 N–H and O–H groups in total. The molecule has 0 bridgehead atoms. The van der Waals surface area contributed by atoms with E-state index in [-0.39, 0.29) is 17.4 Å². The fraction of sp³-hybridized carbons (Fsp3) is 0.300. The molecule has 2 rings (SSSR count). The third-order valence-electron chi connectivity index (χ3n) is 2.33. The van der Waals surface area contributed by atoms with Crippen LogP contribution in [-0.2, 0) is 23.2 Å². The Morgan fingerprint density at radius 1 is 1.44 bits per heavy atom. The van der Waals surface area contributed by atoms with Gasteiger partial charge in [0.1, 0.15) is 4.21 Å². The smallest absolute Gasteiger partial charge is 0.252 e. The average Bonchev–Trinajstić information content (AvgIpc) is 2.99. The Hall–Kier alpha value is -0.800. The highest BCUT2D eigenvalue weighted by Gasteiger charge is 2.23. The molecule has 0 saturated heterocycles.